The average molecular weight is 278 g/mol. The topological polar surface area (TPSA) is 56.7 Å². The number of para-hydroxylation sites is 1. The molecule has 0 spiro atoms. The summed E-state index contributed by atoms with van der Waals surface area (Å²) in [5, 5.41) is 4.61. The number of aryl methyl sites for hydroxylation is 1. The van der Waals surface area contributed by atoms with Gasteiger partial charge in [0.1, 0.15) is 0 Å². The van der Waals surface area contributed by atoms with Gasteiger partial charge in [-0.25, -0.2) is 4.68 Å². The summed E-state index contributed by atoms with van der Waals surface area (Å²) < 4.78 is 1.96. The maximum atomic E-state index is 6.01. The first-order valence-corrected chi connectivity index (χ1v) is 7.02. The van der Waals surface area contributed by atoms with Crippen molar-refractivity contribution in [2.24, 2.45) is 5.73 Å². The summed E-state index contributed by atoms with van der Waals surface area (Å²) in [4.78, 5) is 4.45. The third kappa shape index (κ3) is 2.71. The fraction of sp³-hybridized carbons (Fsp3) is 0.176. The molecule has 1 atom stereocenters. The van der Waals surface area contributed by atoms with Crippen molar-refractivity contribution in [1.29, 1.82) is 0 Å². The number of pyridine rings is 1. The number of nitrogens with zero attached hydrogens (tertiary/aromatic N) is 3. The van der Waals surface area contributed by atoms with Gasteiger partial charge in [0, 0.05) is 12.7 Å². The third-order valence-corrected chi connectivity index (χ3v) is 3.50. The van der Waals surface area contributed by atoms with Crippen LogP contribution in [0, 0.1) is 6.92 Å². The Bertz CT molecular complexity index is 704. The van der Waals surface area contributed by atoms with Gasteiger partial charge in [0.15, 0.2) is 0 Å². The van der Waals surface area contributed by atoms with Crippen molar-refractivity contribution in [3.63, 3.8) is 0 Å². The lowest BCUT2D eigenvalue weighted by Gasteiger charge is -2.16. The van der Waals surface area contributed by atoms with Gasteiger partial charge >= 0.3 is 0 Å². The normalized spacial score (nSPS) is 12.3. The molecule has 0 saturated heterocycles. The van der Waals surface area contributed by atoms with E-state index < -0.39 is 0 Å². The van der Waals surface area contributed by atoms with Crippen LogP contribution in [0.3, 0.4) is 0 Å². The standard InChI is InChI=1S/C17H18N4/c1-13-11-17(15(12-18)16-9-5-6-10-19-16)21(20-13)14-7-3-2-4-8-14/h2-11,15H,12,18H2,1H3. The Morgan fingerprint density at radius 2 is 1.86 bits per heavy atom. The minimum atomic E-state index is 0.0348. The van der Waals surface area contributed by atoms with Gasteiger partial charge in [0.25, 0.3) is 0 Å². The molecule has 0 radical (unpaired) electrons. The van der Waals surface area contributed by atoms with Crippen LogP contribution >= 0.6 is 0 Å². The average Bonchev–Trinajstić information content (AvgIpc) is 2.92. The van der Waals surface area contributed by atoms with Gasteiger partial charge in [-0.05, 0) is 37.3 Å². The van der Waals surface area contributed by atoms with Gasteiger partial charge in [-0.1, -0.05) is 24.3 Å². The van der Waals surface area contributed by atoms with E-state index >= 15 is 0 Å². The molecule has 3 aromatic rings. The van der Waals surface area contributed by atoms with E-state index in [1.807, 2.05) is 60.1 Å². The fourth-order valence-corrected chi connectivity index (χ4v) is 2.52. The summed E-state index contributed by atoms with van der Waals surface area (Å²) in [6, 6.07) is 18.1. The molecule has 2 heterocycles. The van der Waals surface area contributed by atoms with E-state index in [9.17, 15) is 0 Å². The van der Waals surface area contributed by atoms with Crippen LogP contribution in [0.15, 0.2) is 60.8 Å². The highest BCUT2D eigenvalue weighted by Gasteiger charge is 2.20. The summed E-state index contributed by atoms with van der Waals surface area (Å²) in [6.45, 7) is 2.49. The van der Waals surface area contributed by atoms with E-state index in [2.05, 4.69) is 16.1 Å². The predicted octanol–water partition coefficient (Wildman–Crippen LogP) is 2.67. The number of nitrogens with two attached hydrogens (primary N) is 1. The minimum absolute atomic E-state index is 0.0348. The molecule has 0 amide bonds. The van der Waals surface area contributed by atoms with E-state index in [1.165, 1.54) is 0 Å². The van der Waals surface area contributed by atoms with Crippen molar-refractivity contribution in [2.45, 2.75) is 12.8 Å². The Morgan fingerprint density at radius 3 is 2.52 bits per heavy atom. The number of hydrogen-bond donors (Lipinski definition) is 1. The molecule has 21 heavy (non-hydrogen) atoms. The lowest BCUT2D eigenvalue weighted by molar-refractivity contribution is 0.702. The summed E-state index contributed by atoms with van der Waals surface area (Å²) >= 11 is 0. The molecular weight excluding hydrogens is 260 g/mol. The van der Waals surface area contributed by atoms with Gasteiger partial charge < -0.3 is 5.73 Å². The maximum absolute atomic E-state index is 6.01. The SMILES string of the molecule is Cc1cc(C(CN)c2ccccn2)n(-c2ccccc2)n1. The quantitative estimate of drug-likeness (QED) is 0.798. The fourth-order valence-electron chi connectivity index (χ4n) is 2.52. The Kier molecular flexibility index (Phi) is 3.79. The summed E-state index contributed by atoms with van der Waals surface area (Å²) in [7, 11) is 0. The van der Waals surface area contributed by atoms with Crippen LogP contribution in [0.5, 0.6) is 0 Å². The first kappa shape index (κ1) is 13.5. The zero-order chi connectivity index (χ0) is 14.7. The van der Waals surface area contributed by atoms with Crippen molar-refractivity contribution in [1.82, 2.24) is 14.8 Å². The van der Waals surface area contributed by atoms with Crippen molar-refractivity contribution in [2.75, 3.05) is 6.54 Å². The molecule has 1 unspecified atom stereocenters. The van der Waals surface area contributed by atoms with Gasteiger partial charge in [-0.3, -0.25) is 4.98 Å². The Labute approximate surface area is 124 Å². The van der Waals surface area contributed by atoms with Crippen LogP contribution in [0.25, 0.3) is 5.69 Å². The highest BCUT2D eigenvalue weighted by Crippen LogP contribution is 2.25. The van der Waals surface area contributed by atoms with Crippen LogP contribution in [0.4, 0.5) is 0 Å². The largest absolute Gasteiger partial charge is 0.329 e. The maximum Gasteiger partial charge on any atom is 0.0649 e. The molecule has 2 N–H and O–H groups in total. The van der Waals surface area contributed by atoms with Crippen molar-refractivity contribution in [3.05, 3.63) is 77.9 Å². The summed E-state index contributed by atoms with van der Waals surface area (Å²) in [6.07, 6.45) is 1.80. The van der Waals surface area contributed by atoms with Crippen molar-refractivity contribution in [3.8, 4) is 5.69 Å². The smallest absolute Gasteiger partial charge is 0.0649 e. The monoisotopic (exact) mass is 278 g/mol. The number of benzene rings is 1. The molecule has 0 saturated carbocycles. The molecule has 106 valence electrons. The molecule has 3 rings (SSSR count). The second-order valence-corrected chi connectivity index (χ2v) is 5.00. The zero-order valence-electron chi connectivity index (χ0n) is 12.0. The Hall–Kier alpha value is -2.46. The van der Waals surface area contributed by atoms with Gasteiger partial charge in [-0.15, -0.1) is 0 Å². The molecule has 0 bridgehead atoms. The Morgan fingerprint density at radius 1 is 1.10 bits per heavy atom. The molecule has 0 aliphatic carbocycles. The summed E-state index contributed by atoms with van der Waals surface area (Å²) in [5.74, 6) is 0.0348. The van der Waals surface area contributed by atoms with Crippen molar-refractivity contribution < 1.29 is 0 Å². The van der Waals surface area contributed by atoms with Crippen LogP contribution in [-0.4, -0.2) is 21.3 Å². The molecule has 0 aliphatic heterocycles. The molecule has 1 aromatic carbocycles. The Balaban J connectivity index is 2.10. The van der Waals surface area contributed by atoms with Gasteiger partial charge in [0.2, 0.25) is 0 Å². The zero-order valence-corrected chi connectivity index (χ0v) is 12.0. The molecule has 2 aromatic heterocycles. The van der Waals surface area contributed by atoms with Crippen LogP contribution in [0.1, 0.15) is 23.0 Å². The van der Waals surface area contributed by atoms with Crippen molar-refractivity contribution >= 4 is 0 Å². The number of hydrogen-bond acceptors (Lipinski definition) is 3. The summed E-state index contributed by atoms with van der Waals surface area (Å²) in [5.41, 5.74) is 10.1. The lowest BCUT2D eigenvalue weighted by Crippen LogP contribution is -2.18. The van der Waals surface area contributed by atoms with Crippen LogP contribution in [-0.2, 0) is 0 Å². The molecule has 4 heteroatoms. The van der Waals surface area contributed by atoms with E-state index in [0.29, 0.717) is 6.54 Å². The van der Waals surface area contributed by atoms with E-state index in [4.69, 9.17) is 5.73 Å². The molecule has 0 aliphatic rings. The van der Waals surface area contributed by atoms with E-state index in [1.54, 1.807) is 6.20 Å². The van der Waals surface area contributed by atoms with Gasteiger partial charge in [-0.2, -0.15) is 5.10 Å². The van der Waals surface area contributed by atoms with Gasteiger partial charge in [0.05, 0.1) is 28.7 Å². The number of aromatic nitrogens is 3. The van der Waals surface area contributed by atoms with Crippen LogP contribution < -0.4 is 5.73 Å². The molecular formula is C17H18N4. The number of rotatable bonds is 4. The molecule has 0 fully saturated rings. The highest BCUT2D eigenvalue weighted by molar-refractivity contribution is 5.36. The second kappa shape index (κ2) is 5.89. The van der Waals surface area contributed by atoms with E-state index in [-0.39, 0.29) is 5.92 Å². The highest BCUT2D eigenvalue weighted by atomic mass is 15.3. The van der Waals surface area contributed by atoms with Crippen LogP contribution in [0.2, 0.25) is 0 Å². The first-order valence-electron chi connectivity index (χ1n) is 7.02. The molecule has 4 nitrogen and oxygen atoms in total. The first-order chi connectivity index (χ1) is 10.3. The predicted molar refractivity (Wildman–Crippen MR) is 83.4 cm³/mol. The third-order valence-electron chi connectivity index (χ3n) is 3.50. The lowest BCUT2D eigenvalue weighted by atomic mass is 10.00. The minimum Gasteiger partial charge on any atom is -0.329 e. The second-order valence-electron chi connectivity index (χ2n) is 5.00. The van der Waals surface area contributed by atoms with E-state index in [0.717, 1.165) is 22.8 Å².